The van der Waals surface area contributed by atoms with Crippen LogP contribution in [-0.2, 0) is 19.1 Å². The van der Waals surface area contributed by atoms with Crippen LogP contribution in [-0.4, -0.2) is 42.3 Å². The SMILES string of the molecule is COC(=O)[C@@H]1CCCN1C(=O)C(=O)C(C)(C)C. The summed E-state index contributed by atoms with van der Waals surface area (Å²) in [5.74, 6) is -1.49. The summed E-state index contributed by atoms with van der Waals surface area (Å²) >= 11 is 0. The van der Waals surface area contributed by atoms with E-state index in [4.69, 9.17) is 0 Å². The van der Waals surface area contributed by atoms with Gasteiger partial charge in [-0.2, -0.15) is 0 Å². The molecule has 1 aliphatic heterocycles. The maximum atomic E-state index is 12.0. The van der Waals surface area contributed by atoms with Gasteiger partial charge >= 0.3 is 5.97 Å². The number of methoxy groups -OCH3 is 1. The van der Waals surface area contributed by atoms with Gasteiger partial charge in [0, 0.05) is 12.0 Å². The maximum Gasteiger partial charge on any atom is 0.328 e. The Morgan fingerprint density at radius 1 is 1.24 bits per heavy atom. The number of rotatable bonds is 2. The zero-order valence-corrected chi connectivity index (χ0v) is 10.8. The largest absolute Gasteiger partial charge is 0.467 e. The van der Waals surface area contributed by atoms with Crippen molar-refractivity contribution in [1.82, 2.24) is 4.90 Å². The molecule has 0 saturated carbocycles. The average Bonchev–Trinajstić information content (AvgIpc) is 2.73. The predicted molar refractivity (Wildman–Crippen MR) is 61.2 cm³/mol. The van der Waals surface area contributed by atoms with Crippen molar-refractivity contribution in [2.75, 3.05) is 13.7 Å². The lowest BCUT2D eigenvalue weighted by atomic mass is 9.90. The van der Waals surface area contributed by atoms with E-state index < -0.39 is 29.1 Å². The highest BCUT2D eigenvalue weighted by Gasteiger charge is 2.40. The predicted octanol–water partition coefficient (Wildman–Crippen LogP) is 0.766. The number of likely N-dealkylation sites (tertiary alicyclic amines) is 1. The number of carbonyl (C=O) groups excluding carboxylic acids is 3. The summed E-state index contributed by atoms with van der Waals surface area (Å²) in [6, 6.07) is -0.598. The number of hydrogen-bond acceptors (Lipinski definition) is 4. The third kappa shape index (κ3) is 2.84. The van der Waals surface area contributed by atoms with Crippen LogP contribution in [0.5, 0.6) is 0 Å². The van der Waals surface area contributed by atoms with E-state index in [0.717, 1.165) is 6.42 Å². The minimum Gasteiger partial charge on any atom is -0.467 e. The second-order valence-corrected chi connectivity index (χ2v) is 5.26. The molecule has 1 heterocycles. The number of ether oxygens (including phenoxy) is 1. The molecule has 0 bridgehead atoms. The molecule has 0 spiro atoms. The molecule has 17 heavy (non-hydrogen) atoms. The van der Waals surface area contributed by atoms with Gasteiger partial charge < -0.3 is 9.64 Å². The van der Waals surface area contributed by atoms with Gasteiger partial charge in [0.05, 0.1) is 7.11 Å². The van der Waals surface area contributed by atoms with Crippen molar-refractivity contribution in [3.8, 4) is 0 Å². The Bertz CT molecular complexity index is 343. The van der Waals surface area contributed by atoms with Crippen LogP contribution in [0.25, 0.3) is 0 Å². The van der Waals surface area contributed by atoms with E-state index in [9.17, 15) is 14.4 Å². The van der Waals surface area contributed by atoms with Crippen molar-refractivity contribution >= 4 is 17.7 Å². The third-order valence-electron chi connectivity index (χ3n) is 2.86. The highest BCUT2D eigenvalue weighted by Crippen LogP contribution is 2.22. The van der Waals surface area contributed by atoms with Crippen LogP contribution in [0.3, 0.4) is 0 Å². The molecular formula is C12H19NO4. The molecule has 0 N–H and O–H groups in total. The van der Waals surface area contributed by atoms with E-state index in [1.807, 2.05) is 0 Å². The van der Waals surface area contributed by atoms with Crippen molar-refractivity contribution in [2.45, 2.75) is 39.7 Å². The van der Waals surface area contributed by atoms with E-state index in [1.54, 1.807) is 20.8 Å². The Labute approximate surface area is 101 Å². The fourth-order valence-electron chi connectivity index (χ4n) is 1.84. The Morgan fingerprint density at radius 2 is 1.82 bits per heavy atom. The molecule has 1 rings (SSSR count). The summed E-state index contributed by atoms with van der Waals surface area (Å²) in [6.07, 6.45) is 1.29. The smallest absolute Gasteiger partial charge is 0.328 e. The minimum absolute atomic E-state index is 0.445. The number of carbonyl (C=O) groups is 3. The normalized spacial score (nSPS) is 20.2. The average molecular weight is 241 g/mol. The topological polar surface area (TPSA) is 63.7 Å². The quantitative estimate of drug-likeness (QED) is 0.529. The number of nitrogens with zero attached hydrogens (tertiary/aromatic N) is 1. The second-order valence-electron chi connectivity index (χ2n) is 5.26. The molecular weight excluding hydrogens is 222 g/mol. The van der Waals surface area contributed by atoms with Gasteiger partial charge in [-0.15, -0.1) is 0 Å². The third-order valence-corrected chi connectivity index (χ3v) is 2.86. The first-order valence-electron chi connectivity index (χ1n) is 5.72. The molecule has 1 amide bonds. The molecule has 1 atom stereocenters. The molecule has 0 radical (unpaired) electrons. The van der Waals surface area contributed by atoms with Crippen molar-refractivity contribution in [1.29, 1.82) is 0 Å². The standard InChI is InChI=1S/C12H19NO4/c1-12(2,3)9(14)10(15)13-7-5-6-8(13)11(16)17-4/h8H,5-7H2,1-4H3/t8-/m0/s1. The van der Waals surface area contributed by atoms with Crippen LogP contribution < -0.4 is 0 Å². The number of amides is 1. The van der Waals surface area contributed by atoms with Crippen LogP contribution in [0, 0.1) is 5.41 Å². The lowest BCUT2D eigenvalue weighted by molar-refractivity contribution is -0.155. The first kappa shape index (κ1) is 13.7. The van der Waals surface area contributed by atoms with Crippen LogP contribution in [0.15, 0.2) is 0 Å². The Kier molecular flexibility index (Phi) is 3.91. The minimum atomic E-state index is -0.722. The number of hydrogen-bond donors (Lipinski definition) is 0. The summed E-state index contributed by atoms with van der Waals surface area (Å²) < 4.78 is 4.64. The molecule has 0 aromatic rings. The second kappa shape index (κ2) is 4.85. The van der Waals surface area contributed by atoms with Gasteiger partial charge in [0.2, 0.25) is 5.78 Å². The highest BCUT2D eigenvalue weighted by molar-refractivity contribution is 6.38. The molecule has 1 fully saturated rings. The highest BCUT2D eigenvalue weighted by atomic mass is 16.5. The molecule has 1 saturated heterocycles. The van der Waals surface area contributed by atoms with Gasteiger partial charge in [-0.3, -0.25) is 9.59 Å². The molecule has 96 valence electrons. The zero-order valence-electron chi connectivity index (χ0n) is 10.8. The van der Waals surface area contributed by atoms with Crippen molar-refractivity contribution in [3.05, 3.63) is 0 Å². The Hall–Kier alpha value is -1.39. The summed E-state index contributed by atoms with van der Waals surface area (Å²) in [6.45, 7) is 5.52. The monoisotopic (exact) mass is 241 g/mol. The fraction of sp³-hybridized carbons (Fsp3) is 0.750. The number of ketones is 1. The number of Topliss-reactive ketones (excluding diaryl/α,β-unsaturated/α-hetero) is 1. The van der Waals surface area contributed by atoms with E-state index in [0.29, 0.717) is 13.0 Å². The number of esters is 1. The fourth-order valence-corrected chi connectivity index (χ4v) is 1.84. The summed E-state index contributed by atoms with van der Waals surface area (Å²) in [5.41, 5.74) is -0.722. The van der Waals surface area contributed by atoms with E-state index in [-0.39, 0.29) is 0 Å². The van der Waals surface area contributed by atoms with Gasteiger partial charge in [-0.1, -0.05) is 20.8 Å². The van der Waals surface area contributed by atoms with Crippen LogP contribution in [0.4, 0.5) is 0 Å². The van der Waals surface area contributed by atoms with E-state index >= 15 is 0 Å². The molecule has 5 heteroatoms. The first-order valence-corrected chi connectivity index (χ1v) is 5.72. The summed E-state index contributed by atoms with van der Waals surface area (Å²) in [7, 11) is 1.29. The lowest BCUT2D eigenvalue weighted by Crippen LogP contribution is -2.47. The molecule has 0 unspecified atom stereocenters. The molecule has 0 aromatic heterocycles. The first-order chi connectivity index (χ1) is 7.79. The summed E-state index contributed by atoms with van der Waals surface area (Å²) in [4.78, 5) is 36.7. The van der Waals surface area contributed by atoms with Gasteiger partial charge in [-0.05, 0) is 12.8 Å². The van der Waals surface area contributed by atoms with Crippen molar-refractivity contribution < 1.29 is 19.1 Å². The van der Waals surface area contributed by atoms with E-state index in [1.165, 1.54) is 12.0 Å². The van der Waals surface area contributed by atoms with Gasteiger partial charge in [0.15, 0.2) is 0 Å². The Morgan fingerprint density at radius 3 is 2.29 bits per heavy atom. The van der Waals surface area contributed by atoms with Crippen molar-refractivity contribution in [3.63, 3.8) is 0 Å². The zero-order chi connectivity index (χ0) is 13.2. The van der Waals surface area contributed by atoms with Crippen LogP contribution in [0.2, 0.25) is 0 Å². The Balaban J connectivity index is 2.82. The van der Waals surface area contributed by atoms with E-state index in [2.05, 4.69) is 4.74 Å². The van der Waals surface area contributed by atoms with Crippen LogP contribution in [0.1, 0.15) is 33.6 Å². The van der Waals surface area contributed by atoms with Crippen molar-refractivity contribution in [2.24, 2.45) is 5.41 Å². The van der Waals surface area contributed by atoms with Gasteiger partial charge in [0.1, 0.15) is 6.04 Å². The van der Waals surface area contributed by atoms with Gasteiger partial charge in [-0.25, -0.2) is 4.79 Å². The molecule has 0 aromatic carbocycles. The maximum absolute atomic E-state index is 12.0. The van der Waals surface area contributed by atoms with Gasteiger partial charge in [0.25, 0.3) is 5.91 Å². The molecule has 5 nitrogen and oxygen atoms in total. The molecule has 0 aliphatic carbocycles. The molecule has 1 aliphatic rings. The van der Waals surface area contributed by atoms with Crippen LogP contribution >= 0.6 is 0 Å². The lowest BCUT2D eigenvalue weighted by Gasteiger charge is -2.25. The summed E-state index contributed by atoms with van der Waals surface area (Å²) in [5, 5.41) is 0.